The van der Waals surface area contributed by atoms with Gasteiger partial charge in [-0.2, -0.15) is 16.9 Å². The Morgan fingerprint density at radius 1 is 0.947 bits per heavy atom. The van der Waals surface area contributed by atoms with Crippen molar-refractivity contribution in [1.29, 1.82) is 0 Å². The molecule has 0 aliphatic carbocycles. The Morgan fingerprint density at radius 2 is 1.68 bits per heavy atom. The van der Waals surface area contributed by atoms with E-state index in [1.807, 2.05) is 55.9 Å². The molecule has 3 aromatic carbocycles. The van der Waals surface area contributed by atoms with Crippen molar-refractivity contribution in [2.45, 2.75) is 33.4 Å². The third-order valence-corrected chi connectivity index (χ3v) is 7.56. The zero-order valence-corrected chi connectivity index (χ0v) is 24.0. The fraction of sp³-hybridized carbons (Fsp3) is 0.300. The summed E-state index contributed by atoms with van der Waals surface area (Å²) in [6.45, 7) is 11.6. The van der Waals surface area contributed by atoms with Gasteiger partial charge in [0, 0.05) is 28.6 Å². The van der Waals surface area contributed by atoms with Crippen LogP contribution in [-0.4, -0.2) is 48.3 Å². The van der Waals surface area contributed by atoms with Crippen LogP contribution in [0.4, 0.5) is 5.69 Å². The van der Waals surface area contributed by atoms with Crippen molar-refractivity contribution < 1.29 is 9.59 Å². The molecule has 0 bridgehead atoms. The maximum Gasteiger partial charge on any atom is 0.273 e. The molecule has 0 aliphatic rings. The summed E-state index contributed by atoms with van der Waals surface area (Å²) in [6, 6.07) is 18.2. The minimum atomic E-state index is -0.472. The van der Waals surface area contributed by atoms with Crippen LogP contribution in [0, 0.1) is 13.8 Å². The van der Waals surface area contributed by atoms with E-state index in [1.165, 1.54) is 17.2 Å². The molecule has 6 nitrogen and oxygen atoms in total. The number of benzene rings is 3. The summed E-state index contributed by atoms with van der Waals surface area (Å²) in [5.74, 6) is 1.19. The Hall–Kier alpha value is -3.13. The maximum absolute atomic E-state index is 12.9. The van der Waals surface area contributed by atoms with Gasteiger partial charge >= 0.3 is 0 Å². The van der Waals surface area contributed by atoms with E-state index in [2.05, 4.69) is 34.6 Å². The molecule has 0 saturated heterocycles. The summed E-state index contributed by atoms with van der Waals surface area (Å²) < 4.78 is 0. The molecule has 0 unspecified atom stereocenters. The minimum Gasteiger partial charge on any atom is -0.321 e. The van der Waals surface area contributed by atoms with E-state index >= 15 is 0 Å². The second-order valence-corrected chi connectivity index (χ2v) is 10.5. The number of hydrogen-bond donors (Lipinski definition) is 2. The van der Waals surface area contributed by atoms with Gasteiger partial charge in [-0.15, -0.1) is 0 Å². The lowest BCUT2D eigenvalue weighted by Gasteiger charge is -2.17. The lowest BCUT2D eigenvalue weighted by molar-refractivity contribution is 0.0956. The first-order chi connectivity index (χ1) is 18.3. The van der Waals surface area contributed by atoms with Crippen molar-refractivity contribution >= 4 is 47.1 Å². The van der Waals surface area contributed by atoms with Gasteiger partial charge in [0.1, 0.15) is 0 Å². The van der Waals surface area contributed by atoms with Crippen molar-refractivity contribution in [2.24, 2.45) is 5.10 Å². The first-order valence-electron chi connectivity index (χ1n) is 12.7. The topological polar surface area (TPSA) is 73.8 Å². The molecule has 2 N–H and O–H groups in total. The molecule has 0 radical (unpaired) electrons. The summed E-state index contributed by atoms with van der Waals surface area (Å²) in [7, 11) is 0. The number of thioether (sulfide) groups is 1. The molecule has 0 heterocycles. The van der Waals surface area contributed by atoms with E-state index < -0.39 is 5.91 Å². The van der Waals surface area contributed by atoms with Crippen LogP contribution in [0.5, 0.6) is 0 Å². The Kier molecular flexibility index (Phi) is 11.4. The lowest BCUT2D eigenvalue weighted by atomic mass is 10.1. The molecule has 2 amide bonds. The maximum atomic E-state index is 12.9. The third kappa shape index (κ3) is 8.72. The molecule has 0 fully saturated rings. The van der Waals surface area contributed by atoms with Crippen molar-refractivity contribution in [3.63, 3.8) is 0 Å². The van der Waals surface area contributed by atoms with Gasteiger partial charge in [-0.3, -0.25) is 9.59 Å². The predicted octanol–water partition coefficient (Wildman–Crippen LogP) is 6.55. The second-order valence-electron chi connectivity index (χ2n) is 8.96. The molecular formula is C30H35ClN4O2S. The van der Waals surface area contributed by atoms with Crippen LogP contribution in [0.1, 0.15) is 56.8 Å². The third-order valence-electron chi connectivity index (χ3n) is 6.32. The largest absolute Gasteiger partial charge is 0.321 e. The second kappa shape index (κ2) is 14.7. The molecular weight excluding hydrogens is 516 g/mol. The van der Waals surface area contributed by atoms with Gasteiger partial charge in [0.15, 0.2) is 0 Å². The number of nitrogens with zero attached hydrogens (tertiary/aromatic N) is 2. The van der Waals surface area contributed by atoms with Gasteiger partial charge < -0.3 is 10.2 Å². The van der Waals surface area contributed by atoms with Gasteiger partial charge in [-0.1, -0.05) is 55.8 Å². The number of anilines is 1. The van der Waals surface area contributed by atoms with E-state index in [1.54, 1.807) is 30.5 Å². The van der Waals surface area contributed by atoms with E-state index in [9.17, 15) is 9.59 Å². The molecule has 3 rings (SSSR count). The van der Waals surface area contributed by atoms with Crippen molar-refractivity contribution in [1.82, 2.24) is 10.3 Å². The van der Waals surface area contributed by atoms with Gasteiger partial charge in [-0.05, 0) is 79.5 Å². The molecule has 3 aromatic rings. The summed E-state index contributed by atoms with van der Waals surface area (Å²) in [4.78, 5) is 28.2. The number of aryl methyl sites for hydroxylation is 2. The highest BCUT2D eigenvalue weighted by Gasteiger charge is 2.15. The highest BCUT2D eigenvalue weighted by Crippen LogP contribution is 2.22. The van der Waals surface area contributed by atoms with Crippen molar-refractivity contribution in [3.05, 3.63) is 99.1 Å². The zero-order valence-electron chi connectivity index (χ0n) is 22.4. The molecule has 38 heavy (non-hydrogen) atoms. The average molecular weight is 551 g/mol. The van der Waals surface area contributed by atoms with Gasteiger partial charge in [0.25, 0.3) is 11.8 Å². The van der Waals surface area contributed by atoms with Crippen LogP contribution >= 0.6 is 23.4 Å². The number of rotatable bonds is 12. The van der Waals surface area contributed by atoms with E-state index in [0.29, 0.717) is 16.3 Å². The number of amides is 2. The van der Waals surface area contributed by atoms with Crippen LogP contribution < -0.4 is 10.7 Å². The minimum absolute atomic E-state index is 0.226. The van der Waals surface area contributed by atoms with Gasteiger partial charge in [0.05, 0.1) is 17.5 Å². The summed E-state index contributed by atoms with van der Waals surface area (Å²) in [5, 5.41) is 7.29. The Bertz CT molecular complexity index is 1270. The summed E-state index contributed by atoms with van der Waals surface area (Å²) in [6.07, 6.45) is 1.58. The summed E-state index contributed by atoms with van der Waals surface area (Å²) in [5.41, 5.74) is 7.98. The normalized spacial score (nSPS) is 11.2. The molecule has 0 aliphatic heterocycles. The van der Waals surface area contributed by atoms with Crippen LogP contribution in [0.2, 0.25) is 5.02 Å². The molecule has 0 spiro atoms. The molecule has 0 aromatic heterocycles. The Labute approximate surface area is 234 Å². The highest BCUT2D eigenvalue weighted by atomic mass is 35.5. The SMILES string of the molecule is CCN(CC)CCSCc1ccc(C(=O)Nc2ccc(Cl)cc2C(=O)NN=Cc2ccc(C)c(C)c2)cc1. The summed E-state index contributed by atoms with van der Waals surface area (Å²) >= 11 is 8.03. The molecule has 0 atom stereocenters. The number of hydrogen-bond acceptors (Lipinski definition) is 5. The molecule has 200 valence electrons. The highest BCUT2D eigenvalue weighted by molar-refractivity contribution is 7.98. The number of nitrogens with one attached hydrogen (secondary N) is 2. The van der Waals surface area contributed by atoms with Crippen LogP contribution in [-0.2, 0) is 5.75 Å². The van der Waals surface area contributed by atoms with Crippen LogP contribution in [0.25, 0.3) is 0 Å². The fourth-order valence-electron chi connectivity index (χ4n) is 3.75. The van der Waals surface area contributed by atoms with Gasteiger partial charge in [-0.25, -0.2) is 5.43 Å². The zero-order chi connectivity index (χ0) is 27.5. The monoisotopic (exact) mass is 550 g/mol. The number of carbonyl (C=O) groups is 2. The van der Waals surface area contributed by atoms with Crippen LogP contribution in [0.3, 0.4) is 0 Å². The average Bonchev–Trinajstić information content (AvgIpc) is 2.92. The smallest absolute Gasteiger partial charge is 0.273 e. The first kappa shape index (κ1) is 29.4. The fourth-order valence-corrected chi connectivity index (χ4v) is 4.89. The molecule has 0 saturated carbocycles. The first-order valence-corrected chi connectivity index (χ1v) is 14.2. The van der Waals surface area contributed by atoms with Crippen molar-refractivity contribution in [2.75, 3.05) is 30.7 Å². The van der Waals surface area contributed by atoms with Crippen molar-refractivity contribution in [3.8, 4) is 0 Å². The van der Waals surface area contributed by atoms with E-state index in [0.717, 1.165) is 42.3 Å². The van der Waals surface area contributed by atoms with Gasteiger partial charge in [0.2, 0.25) is 0 Å². The van der Waals surface area contributed by atoms with Crippen LogP contribution in [0.15, 0.2) is 65.8 Å². The number of halogens is 1. The number of carbonyl (C=O) groups excluding carboxylic acids is 2. The molecule has 8 heteroatoms. The Morgan fingerprint density at radius 3 is 2.37 bits per heavy atom. The van der Waals surface area contributed by atoms with E-state index in [4.69, 9.17) is 11.6 Å². The number of hydrazone groups is 1. The predicted molar refractivity (Wildman–Crippen MR) is 161 cm³/mol. The quantitative estimate of drug-likeness (QED) is 0.152. The van der Waals surface area contributed by atoms with E-state index in [-0.39, 0.29) is 11.5 Å². The Balaban J connectivity index is 1.60. The lowest BCUT2D eigenvalue weighted by Crippen LogP contribution is -2.25. The standard InChI is InChI=1S/C30H35ClN4O2S/c1-5-35(6-2)15-16-38-20-23-9-11-25(12-10-23)29(36)33-28-14-13-26(31)18-27(28)30(37)34-32-19-24-8-7-21(3)22(4)17-24/h7-14,17-19H,5-6,15-16,20H2,1-4H3,(H,33,36)(H,34,37).